The zero-order valence-corrected chi connectivity index (χ0v) is 16.3. The molecule has 0 spiro atoms. The molecule has 1 saturated heterocycles. The smallest absolute Gasteiger partial charge is 0.229 e. The van der Waals surface area contributed by atoms with Crippen LogP contribution in [-0.4, -0.2) is 18.4 Å². The van der Waals surface area contributed by atoms with Gasteiger partial charge in [0.2, 0.25) is 11.8 Å². The number of amides is 2. The molecule has 1 atom stereocenters. The first-order valence-corrected chi connectivity index (χ1v) is 9.16. The summed E-state index contributed by atoms with van der Waals surface area (Å²) < 4.78 is 1.01. The van der Waals surface area contributed by atoms with Gasteiger partial charge in [-0.1, -0.05) is 27.5 Å². The summed E-state index contributed by atoms with van der Waals surface area (Å²) in [5.41, 5.74) is 3.57. The lowest BCUT2D eigenvalue weighted by Crippen LogP contribution is -2.28. The molecule has 1 heterocycles. The fourth-order valence-corrected chi connectivity index (χ4v) is 3.49. The highest BCUT2D eigenvalue weighted by Crippen LogP contribution is 2.29. The summed E-state index contributed by atoms with van der Waals surface area (Å²) in [6.07, 6.45) is 0.211. The molecule has 6 heteroatoms. The summed E-state index contributed by atoms with van der Waals surface area (Å²) in [5.74, 6) is -0.549. The van der Waals surface area contributed by atoms with Crippen molar-refractivity contribution in [2.75, 3.05) is 16.8 Å². The Morgan fingerprint density at radius 2 is 1.88 bits per heavy atom. The van der Waals surface area contributed by atoms with Crippen molar-refractivity contribution in [2.24, 2.45) is 5.92 Å². The van der Waals surface area contributed by atoms with Gasteiger partial charge in [0.05, 0.1) is 5.92 Å². The van der Waals surface area contributed by atoms with E-state index in [4.69, 9.17) is 11.6 Å². The highest BCUT2D eigenvalue weighted by molar-refractivity contribution is 9.10. The van der Waals surface area contributed by atoms with Gasteiger partial charge in [-0.3, -0.25) is 9.59 Å². The van der Waals surface area contributed by atoms with Crippen LogP contribution in [-0.2, 0) is 9.59 Å². The number of halogens is 2. The van der Waals surface area contributed by atoms with Gasteiger partial charge in [0, 0.05) is 33.8 Å². The number of hydrogen-bond acceptors (Lipinski definition) is 2. The minimum Gasteiger partial charge on any atom is -0.326 e. The van der Waals surface area contributed by atoms with Crippen molar-refractivity contribution in [3.63, 3.8) is 0 Å². The standard InChI is InChI=1S/C19H18BrClN2O2/c1-11-8-17(12(2)7-16(11)20)22-19(25)13-9-18(24)23(10-13)15-5-3-14(21)4-6-15/h3-8,13H,9-10H2,1-2H3,(H,22,25)/t13-/m1/s1. The van der Waals surface area contributed by atoms with E-state index in [0.29, 0.717) is 11.6 Å². The SMILES string of the molecule is Cc1cc(NC(=O)[C@@H]2CC(=O)N(c3ccc(Cl)cc3)C2)c(C)cc1Br. The first kappa shape index (κ1) is 18.0. The topological polar surface area (TPSA) is 49.4 Å². The number of anilines is 2. The molecule has 25 heavy (non-hydrogen) atoms. The van der Waals surface area contributed by atoms with E-state index in [2.05, 4.69) is 21.2 Å². The molecular weight excluding hydrogens is 404 g/mol. The molecule has 0 bridgehead atoms. The van der Waals surface area contributed by atoms with E-state index in [1.807, 2.05) is 26.0 Å². The number of carbonyl (C=O) groups excluding carboxylic acids is 2. The third-order valence-corrected chi connectivity index (χ3v) is 5.50. The Kier molecular flexibility index (Phi) is 5.16. The summed E-state index contributed by atoms with van der Waals surface area (Å²) in [6, 6.07) is 11.0. The largest absolute Gasteiger partial charge is 0.326 e. The minimum absolute atomic E-state index is 0.0498. The van der Waals surface area contributed by atoms with E-state index in [9.17, 15) is 9.59 Å². The fraction of sp³-hybridized carbons (Fsp3) is 0.263. The zero-order chi connectivity index (χ0) is 18.1. The molecule has 1 fully saturated rings. The lowest BCUT2D eigenvalue weighted by Gasteiger charge is -2.17. The second-order valence-electron chi connectivity index (χ2n) is 6.29. The van der Waals surface area contributed by atoms with Crippen molar-refractivity contribution in [1.29, 1.82) is 0 Å². The Bertz CT molecular complexity index is 836. The number of hydrogen-bond donors (Lipinski definition) is 1. The molecule has 1 N–H and O–H groups in total. The van der Waals surface area contributed by atoms with Gasteiger partial charge < -0.3 is 10.2 Å². The second-order valence-corrected chi connectivity index (χ2v) is 7.58. The minimum atomic E-state index is -0.369. The third kappa shape index (κ3) is 3.88. The summed E-state index contributed by atoms with van der Waals surface area (Å²) in [7, 11) is 0. The number of carbonyl (C=O) groups is 2. The van der Waals surface area contributed by atoms with Crippen molar-refractivity contribution in [2.45, 2.75) is 20.3 Å². The third-order valence-electron chi connectivity index (χ3n) is 4.40. The highest BCUT2D eigenvalue weighted by Gasteiger charge is 2.35. The van der Waals surface area contributed by atoms with Crippen LogP contribution >= 0.6 is 27.5 Å². The first-order valence-electron chi connectivity index (χ1n) is 7.98. The van der Waals surface area contributed by atoms with Gasteiger partial charge in [0.1, 0.15) is 0 Å². The molecule has 2 aromatic rings. The summed E-state index contributed by atoms with van der Waals surface area (Å²) in [4.78, 5) is 26.6. The van der Waals surface area contributed by atoms with Crippen LogP contribution in [0.15, 0.2) is 40.9 Å². The molecule has 0 radical (unpaired) electrons. The van der Waals surface area contributed by atoms with Crippen LogP contribution in [0.25, 0.3) is 0 Å². The number of nitrogens with one attached hydrogen (secondary N) is 1. The van der Waals surface area contributed by atoms with Crippen LogP contribution in [0, 0.1) is 19.8 Å². The van der Waals surface area contributed by atoms with Crippen molar-refractivity contribution in [3.05, 3.63) is 57.0 Å². The first-order chi connectivity index (χ1) is 11.8. The molecule has 1 aliphatic heterocycles. The average molecular weight is 422 g/mol. The maximum absolute atomic E-state index is 12.6. The molecule has 1 aliphatic rings. The van der Waals surface area contributed by atoms with Gasteiger partial charge in [0.15, 0.2) is 0 Å². The number of nitrogens with zero attached hydrogens (tertiary/aromatic N) is 1. The number of rotatable bonds is 3. The number of aryl methyl sites for hydroxylation is 2. The van der Waals surface area contributed by atoms with Crippen LogP contribution < -0.4 is 10.2 Å². The Morgan fingerprint density at radius 3 is 2.56 bits per heavy atom. The summed E-state index contributed by atoms with van der Waals surface area (Å²) in [6.45, 7) is 4.29. The lowest BCUT2D eigenvalue weighted by atomic mass is 10.1. The predicted octanol–water partition coefficient (Wildman–Crippen LogP) is 4.71. The van der Waals surface area contributed by atoms with E-state index >= 15 is 0 Å². The van der Waals surface area contributed by atoms with E-state index in [1.54, 1.807) is 29.2 Å². The van der Waals surface area contributed by atoms with Crippen LogP contribution in [0.3, 0.4) is 0 Å². The Hall–Kier alpha value is -1.85. The van der Waals surface area contributed by atoms with Crippen molar-refractivity contribution < 1.29 is 9.59 Å². The lowest BCUT2D eigenvalue weighted by molar-refractivity contribution is -0.122. The van der Waals surface area contributed by atoms with Gasteiger partial charge in [-0.2, -0.15) is 0 Å². The Labute approximate surface area is 160 Å². The van der Waals surface area contributed by atoms with Gasteiger partial charge in [0.25, 0.3) is 0 Å². The second kappa shape index (κ2) is 7.18. The summed E-state index contributed by atoms with van der Waals surface area (Å²) >= 11 is 9.38. The van der Waals surface area contributed by atoms with Crippen molar-refractivity contribution in [1.82, 2.24) is 0 Å². The molecule has 0 unspecified atom stereocenters. The number of benzene rings is 2. The molecule has 3 rings (SSSR count). The Balaban J connectivity index is 1.73. The normalized spacial score (nSPS) is 17.0. The Morgan fingerprint density at radius 1 is 1.20 bits per heavy atom. The highest BCUT2D eigenvalue weighted by atomic mass is 79.9. The van der Waals surface area contributed by atoms with Gasteiger partial charge in [-0.05, 0) is 61.4 Å². The monoisotopic (exact) mass is 420 g/mol. The van der Waals surface area contributed by atoms with Crippen molar-refractivity contribution in [3.8, 4) is 0 Å². The molecule has 4 nitrogen and oxygen atoms in total. The molecule has 2 amide bonds. The van der Waals surface area contributed by atoms with Gasteiger partial charge in [-0.25, -0.2) is 0 Å². The van der Waals surface area contributed by atoms with Crippen LogP contribution in [0.1, 0.15) is 17.5 Å². The molecule has 0 aliphatic carbocycles. The van der Waals surface area contributed by atoms with Gasteiger partial charge >= 0.3 is 0 Å². The summed E-state index contributed by atoms with van der Waals surface area (Å²) in [5, 5.41) is 3.58. The zero-order valence-electron chi connectivity index (χ0n) is 14.0. The van der Waals surface area contributed by atoms with E-state index in [-0.39, 0.29) is 24.2 Å². The molecular formula is C19H18BrClN2O2. The molecule has 2 aromatic carbocycles. The van der Waals surface area contributed by atoms with E-state index < -0.39 is 0 Å². The maximum Gasteiger partial charge on any atom is 0.229 e. The van der Waals surface area contributed by atoms with E-state index in [1.165, 1.54) is 0 Å². The molecule has 130 valence electrons. The van der Waals surface area contributed by atoms with Crippen LogP contribution in [0.4, 0.5) is 11.4 Å². The van der Waals surface area contributed by atoms with Gasteiger partial charge in [-0.15, -0.1) is 0 Å². The average Bonchev–Trinajstić information content (AvgIpc) is 2.95. The van der Waals surface area contributed by atoms with Crippen LogP contribution in [0.2, 0.25) is 5.02 Å². The predicted molar refractivity (Wildman–Crippen MR) is 104 cm³/mol. The molecule has 0 aromatic heterocycles. The fourth-order valence-electron chi connectivity index (χ4n) is 2.90. The maximum atomic E-state index is 12.6. The molecule has 0 saturated carbocycles. The van der Waals surface area contributed by atoms with E-state index in [0.717, 1.165) is 27.0 Å². The van der Waals surface area contributed by atoms with Crippen molar-refractivity contribution >= 4 is 50.7 Å². The van der Waals surface area contributed by atoms with Crippen LogP contribution in [0.5, 0.6) is 0 Å². The quantitative estimate of drug-likeness (QED) is 0.780.